The Balaban J connectivity index is 2.20. The van der Waals surface area contributed by atoms with Crippen molar-refractivity contribution in [3.63, 3.8) is 0 Å². The highest BCUT2D eigenvalue weighted by atomic mass is 35.5. The second-order valence-corrected chi connectivity index (χ2v) is 6.24. The van der Waals surface area contributed by atoms with Gasteiger partial charge in [-0.05, 0) is 25.0 Å². The van der Waals surface area contributed by atoms with Crippen LogP contribution >= 0.6 is 23.2 Å². The zero-order valence-corrected chi connectivity index (χ0v) is 13.4. The number of nitrogens with one attached hydrogen (secondary N) is 1. The molecule has 6 heteroatoms. The zero-order valence-electron chi connectivity index (χ0n) is 11.9. The van der Waals surface area contributed by atoms with E-state index < -0.39 is 5.54 Å². The van der Waals surface area contributed by atoms with Gasteiger partial charge >= 0.3 is 0 Å². The van der Waals surface area contributed by atoms with Crippen molar-refractivity contribution in [3.05, 3.63) is 27.7 Å². The van der Waals surface area contributed by atoms with Crippen molar-refractivity contribution in [2.24, 2.45) is 0 Å². The lowest BCUT2D eigenvalue weighted by Crippen LogP contribution is -2.52. The number of hydrogen-bond donors (Lipinski definition) is 2. The molecule has 2 N–H and O–H groups in total. The van der Waals surface area contributed by atoms with Gasteiger partial charge in [-0.25, -0.2) is 0 Å². The van der Waals surface area contributed by atoms with Crippen molar-refractivity contribution in [3.8, 4) is 5.75 Å². The van der Waals surface area contributed by atoms with Crippen LogP contribution in [0, 0.1) is 0 Å². The Bertz CT molecular complexity index is 505. The monoisotopic (exact) mass is 331 g/mol. The van der Waals surface area contributed by atoms with E-state index in [1.165, 1.54) is 19.2 Å². The summed E-state index contributed by atoms with van der Waals surface area (Å²) in [5, 5.41) is 13.2. The first kappa shape index (κ1) is 16.4. The average Bonchev–Trinajstić information content (AvgIpc) is 2.47. The minimum Gasteiger partial charge on any atom is -0.494 e. The van der Waals surface area contributed by atoms with Crippen LogP contribution in [0.3, 0.4) is 0 Å². The molecule has 1 aromatic rings. The number of aliphatic hydroxyl groups is 1. The Morgan fingerprint density at radius 3 is 2.33 bits per heavy atom. The highest BCUT2D eigenvalue weighted by molar-refractivity contribution is 6.37. The van der Waals surface area contributed by atoms with Crippen LogP contribution in [0.1, 0.15) is 42.5 Å². The Hall–Kier alpha value is -0.970. The third-order valence-electron chi connectivity index (χ3n) is 3.96. The molecule has 0 radical (unpaired) electrons. The topological polar surface area (TPSA) is 58.6 Å². The maximum atomic E-state index is 12.4. The molecule has 2 rings (SSSR count). The molecule has 116 valence electrons. The fourth-order valence-corrected chi connectivity index (χ4v) is 3.39. The molecule has 0 heterocycles. The van der Waals surface area contributed by atoms with Gasteiger partial charge in [-0.15, -0.1) is 0 Å². The molecule has 1 fully saturated rings. The zero-order chi connectivity index (χ0) is 15.5. The molecule has 21 heavy (non-hydrogen) atoms. The number of hydrogen-bond acceptors (Lipinski definition) is 3. The van der Waals surface area contributed by atoms with E-state index >= 15 is 0 Å². The largest absolute Gasteiger partial charge is 0.494 e. The lowest BCUT2D eigenvalue weighted by Gasteiger charge is -2.36. The van der Waals surface area contributed by atoms with Gasteiger partial charge in [0.2, 0.25) is 0 Å². The molecule has 1 aliphatic rings. The van der Waals surface area contributed by atoms with Crippen molar-refractivity contribution in [2.45, 2.75) is 37.6 Å². The van der Waals surface area contributed by atoms with Crippen molar-refractivity contribution >= 4 is 29.1 Å². The van der Waals surface area contributed by atoms with E-state index in [0.29, 0.717) is 11.3 Å². The molecular weight excluding hydrogens is 313 g/mol. The minimum atomic E-state index is -0.534. The number of aliphatic hydroxyl groups excluding tert-OH is 1. The molecule has 0 atom stereocenters. The Kier molecular flexibility index (Phi) is 5.36. The maximum absolute atomic E-state index is 12.4. The number of ether oxygens (including phenoxy) is 1. The SMILES string of the molecule is COc1c(Cl)cc(C(=O)NC2(CO)CCCCC2)cc1Cl. The van der Waals surface area contributed by atoms with Crippen molar-refractivity contribution < 1.29 is 14.6 Å². The number of amides is 1. The van der Waals surface area contributed by atoms with E-state index in [0.717, 1.165) is 32.1 Å². The molecule has 1 amide bonds. The maximum Gasteiger partial charge on any atom is 0.251 e. The van der Waals surface area contributed by atoms with Gasteiger partial charge in [-0.1, -0.05) is 42.5 Å². The van der Waals surface area contributed by atoms with Crippen LogP contribution in [-0.4, -0.2) is 30.3 Å². The molecule has 0 unspecified atom stereocenters. The summed E-state index contributed by atoms with van der Waals surface area (Å²) in [6.45, 7) is -0.0592. The summed E-state index contributed by atoms with van der Waals surface area (Å²) in [7, 11) is 1.47. The lowest BCUT2D eigenvalue weighted by atomic mass is 9.82. The van der Waals surface area contributed by atoms with Crippen LogP contribution in [0.2, 0.25) is 10.0 Å². The Morgan fingerprint density at radius 1 is 1.29 bits per heavy atom. The summed E-state index contributed by atoms with van der Waals surface area (Å²) in [6, 6.07) is 3.05. The van der Waals surface area contributed by atoms with Crippen LogP contribution in [0.15, 0.2) is 12.1 Å². The molecule has 0 saturated heterocycles. The van der Waals surface area contributed by atoms with Crippen LogP contribution in [0.25, 0.3) is 0 Å². The fraction of sp³-hybridized carbons (Fsp3) is 0.533. The van der Waals surface area contributed by atoms with Crippen LogP contribution in [0.5, 0.6) is 5.75 Å². The van der Waals surface area contributed by atoms with E-state index in [2.05, 4.69) is 5.32 Å². The first-order valence-electron chi connectivity index (χ1n) is 6.98. The third-order valence-corrected chi connectivity index (χ3v) is 4.52. The first-order chi connectivity index (χ1) is 10.0. The van der Waals surface area contributed by atoms with E-state index in [1.807, 2.05) is 0 Å². The summed E-state index contributed by atoms with van der Waals surface area (Å²) < 4.78 is 5.07. The normalized spacial score (nSPS) is 17.3. The number of carbonyl (C=O) groups is 1. The molecular formula is C15H19Cl2NO3. The summed E-state index contributed by atoms with van der Waals surface area (Å²) >= 11 is 12.1. The van der Waals surface area contributed by atoms with Gasteiger partial charge in [0.1, 0.15) is 0 Å². The predicted octanol–water partition coefficient (Wildman–Crippen LogP) is 3.43. The van der Waals surface area contributed by atoms with E-state index in [4.69, 9.17) is 27.9 Å². The second kappa shape index (κ2) is 6.86. The number of methoxy groups -OCH3 is 1. The minimum absolute atomic E-state index is 0.0592. The Morgan fingerprint density at radius 2 is 1.86 bits per heavy atom. The molecule has 1 aromatic carbocycles. The average molecular weight is 332 g/mol. The van der Waals surface area contributed by atoms with Gasteiger partial charge in [0.15, 0.2) is 5.75 Å². The summed E-state index contributed by atoms with van der Waals surface area (Å²) in [5.41, 5.74) is -0.169. The standard InChI is InChI=1S/C15H19Cl2NO3/c1-21-13-11(16)7-10(8-12(13)17)14(20)18-15(9-19)5-3-2-4-6-15/h7-8,19H,2-6,9H2,1H3,(H,18,20). The molecule has 4 nitrogen and oxygen atoms in total. The molecule has 1 saturated carbocycles. The molecule has 0 bridgehead atoms. The number of benzene rings is 1. The van der Waals surface area contributed by atoms with E-state index in [1.54, 1.807) is 0 Å². The lowest BCUT2D eigenvalue weighted by molar-refractivity contribution is 0.0758. The van der Waals surface area contributed by atoms with E-state index in [-0.39, 0.29) is 22.6 Å². The molecule has 0 aliphatic heterocycles. The van der Waals surface area contributed by atoms with Crippen molar-refractivity contribution in [1.29, 1.82) is 0 Å². The van der Waals surface area contributed by atoms with Crippen molar-refractivity contribution in [2.75, 3.05) is 13.7 Å². The van der Waals surface area contributed by atoms with Gasteiger partial charge in [0.25, 0.3) is 5.91 Å². The van der Waals surface area contributed by atoms with Crippen LogP contribution < -0.4 is 10.1 Å². The number of carbonyl (C=O) groups excluding carboxylic acids is 1. The smallest absolute Gasteiger partial charge is 0.251 e. The highest BCUT2D eigenvalue weighted by Crippen LogP contribution is 2.34. The number of rotatable bonds is 4. The third kappa shape index (κ3) is 3.62. The van der Waals surface area contributed by atoms with Gasteiger partial charge in [0, 0.05) is 5.56 Å². The molecule has 1 aliphatic carbocycles. The number of halogens is 2. The van der Waals surface area contributed by atoms with Gasteiger partial charge in [-0.3, -0.25) is 4.79 Å². The predicted molar refractivity (Wildman–Crippen MR) is 83.4 cm³/mol. The first-order valence-corrected chi connectivity index (χ1v) is 7.73. The van der Waals surface area contributed by atoms with Gasteiger partial charge < -0.3 is 15.2 Å². The fourth-order valence-electron chi connectivity index (χ4n) is 2.75. The Labute approximate surface area is 134 Å². The highest BCUT2D eigenvalue weighted by Gasteiger charge is 2.33. The van der Waals surface area contributed by atoms with Crippen molar-refractivity contribution in [1.82, 2.24) is 5.32 Å². The van der Waals surface area contributed by atoms with E-state index in [9.17, 15) is 9.90 Å². The van der Waals surface area contributed by atoms with Gasteiger partial charge in [-0.2, -0.15) is 0 Å². The summed E-state index contributed by atoms with van der Waals surface area (Å²) in [6.07, 6.45) is 4.72. The molecule has 0 spiro atoms. The second-order valence-electron chi connectivity index (χ2n) is 5.43. The van der Waals surface area contributed by atoms with Gasteiger partial charge in [0.05, 0.1) is 29.3 Å². The summed E-state index contributed by atoms with van der Waals surface area (Å²) in [5.74, 6) is 0.0711. The quantitative estimate of drug-likeness (QED) is 0.888. The molecule has 0 aromatic heterocycles. The summed E-state index contributed by atoms with van der Waals surface area (Å²) in [4.78, 5) is 12.4. The van der Waals surface area contributed by atoms with Crippen LogP contribution in [0.4, 0.5) is 0 Å². The van der Waals surface area contributed by atoms with Crippen LogP contribution in [-0.2, 0) is 0 Å².